The van der Waals surface area contributed by atoms with Gasteiger partial charge in [0.15, 0.2) is 5.69 Å². The van der Waals surface area contributed by atoms with Crippen molar-refractivity contribution in [3.05, 3.63) is 17.5 Å². The molecule has 3 N–H and O–H groups in total. The topological polar surface area (TPSA) is 72.9 Å². The Morgan fingerprint density at radius 3 is 2.50 bits per heavy atom. The lowest BCUT2D eigenvalue weighted by Gasteiger charge is -2.24. The Hall–Kier alpha value is -1.57. The van der Waals surface area contributed by atoms with E-state index in [-0.39, 0.29) is 12.6 Å². The number of nitrogens with one attached hydrogen (secondary N) is 1. The van der Waals surface area contributed by atoms with E-state index in [0.29, 0.717) is 5.92 Å². The first-order valence-corrected chi connectivity index (χ1v) is 7.21. The average molecular weight is 318 g/mol. The summed E-state index contributed by atoms with van der Waals surface area (Å²) in [6, 6.07) is -0.212. The van der Waals surface area contributed by atoms with Crippen molar-refractivity contribution in [2.24, 2.45) is 11.7 Å². The summed E-state index contributed by atoms with van der Waals surface area (Å²) in [6.07, 6.45) is -1.68. The highest BCUT2D eigenvalue weighted by Gasteiger charge is 2.42. The van der Waals surface area contributed by atoms with E-state index in [1.165, 1.54) is 0 Å². The van der Waals surface area contributed by atoms with Gasteiger partial charge in [0, 0.05) is 12.6 Å². The van der Waals surface area contributed by atoms with E-state index < -0.39 is 28.9 Å². The minimum absolute atomic E-state index is 0.168. The second kappa shape index (κ2) is 5.57. The molecule has 1 aromatic heterocycles. The van der Waals surface area contributed by atoms with Crippen molar-refractivity contribution in [3.8, 4) is 0 Å². The Kier molecular flexibility index (Phi) is 4.25. The normalized spacial score (nSPS) is 17.4. The molecular weight excluding hydrogens is 297 g/mol. The van der Waals surface area contributed by atoms with Crippen molar-refractivity contribution in [3.63, 3.8) is 0 Å². The van der Waals surface area contributed by atoms with Gasteiger partial charge in [-0.1, -0.05) is 0 Å². The summed E-state index contributed by atoms with van der Waals surface area (Å²) in [5, 5.41) is 6.23. The lowest BCUT2D eigenvalue weighted by atomic mass is 10.1. The zero-order chi connectivity index (χ0) is 16.7. The Balaban J connectivity index is 2.22. The fourth-order valence-corrected chi connectivity index (χ4v) is 2.29. The number of rotatable bonds is 4. The molecule has 1 saturated carbocycles. The van der Waals surface area contributed by atoms with Crippen LogP contribution in [0.3, 0.4) is 0 Å². The van der Waals surface area contributed by atoms with Crippen LogP contribution in [-0.2, 0) is 11.7 Å². The van der Waals surface area contributed by atoms with Gasteiger partial charge in [0.25, 0.3) is 5.91 Å². The second-order valence-electron chi connectivity index (χ2n) is 6.70. The molecule has 22 heavy (non-hydrogen) atoms. The largest absolute Gasteiger partial charge is 0.433 e. The maximum Gasteiger partial charge on any atom is 0.433 e. The molecule has 1 atom stereocenters. The minimum atomic E-state index is -4.66. The number of carbonyl (C=O) groups excluding carboxylic acids is 1. The maximum atomic E-state index is 13.3. The predicted octanol–water partition coefficient (Wildman–Crippen LogP) is 2.12. The molecule has 0 aliphatic heterocycles. The van der Waals surface area contributed by atoms with Gasteiger partial charge < -0.3 is 11.1 Å². The highest BCUT2D eigenvalue weighted by atomic mass is 19.4. The van der Waals surface area contributed by atoms with Gasteiger partial charge in [0.2, 0.25) is 0 Å². The van der Waals surface area contributed by atoms with E-state index in [9.17, 15) is 18.0 Å². The third-order valence-corrected chi connectivity index (χ3v) is 3.64. The second-order valence-corrected chi connectivity index (χ2v) is 6.70. The van der Waals surface area contributed by atoms with Gasteiger partial charge in [-0.05, 0) is 39.5 Å². The van der Waals surface area contributed by atoms with Crippen molar-refractivity contribution in [2.75, 3.05) is 6.54 Å². The van der Waals surface area contributed by atoms with Gasteiger partial charge >= 0.3 is 6.18 Å². The smallest absolute Gasteiger partial charge is 0.350 e. The molecule has 1 fully saturated rings. The third kappa shape index (κ3) is 3.60. The molecule has 1 unspecified atom stereocenters. The zero-order valence-corrected chi connectivity index (χ0v) is 12.9. The molecule has 1 aromatic rings. The van der Waals surface area contributed by atoms with Crippen LogP contribution in [0.5, 0.6) is 0 Å². The number of halogens is 3. The molecule has 0 bridgehead atoms. The monoisotopic (exact) mass is 318 g/mol. The fourth-order valence-electron chi connectivity index (χ4n) is 2.29. The molecule has 124 valence electrons. The number of hydrogen-bond acceptors (Lipinski definition) is 3. The van der Waals surface area contributed by atoms with Crippen molar-refractivity contribution >= 4 is 5.91 Å². The van der Waals surface area contributed by atoms with Crippen molar-refractivity contribution in [1.82, 2.24) is 15.1 Å². The van der Waals surface area contributed by atoms with Gasteiger partial charge in [0.05, 0.1) is 17.3 Å². The lowest BCUT2D eigenvalue weighted by molar-refractivity contribution is -0.146. The van der Waals surface area contributed by atoms with Crippen LogP contribution in [0.25, 0.3) is 0 Å². The zero-order valence-electron chi connectivity index (χ0n) is 12.9. The minimum Gasteiger partial charge on any atom is -0.350 e. The Morgan fingerprint density at radius 1 is 1.45 bits per heavy atom. The first kappa shape index (κ1) is 16.8. The van der Waals surface area contributed by atoms with Gasteiger partial charge in [-0.3, -0.25) is 9.48 Å². The van der Waals surface area contributed by atoms with Crippen LogP contribution < -0.4 is 11.1 Å². The number of alkyl halides is 3. The van der Waals surface area contributed by atoms with Crippen LogP contribution in [0.4, 0.5) is 13.2 Å². The quantitative estimate of drug-likeness (QED) is 0.893. The van der Waals surface area contributed by atoms with Gasteiger partial charge in [-0.25, -0.2) is 0 Å². The number of nitrogens with zero attached hydrogens (tertiary/aromatic N) is 2. The van der Waals surface area contributed by atoms with Crippen LogP contribution in [0.1, 0.15) is 49.7 Å². The van der Waals surface area contributed by atoms with Crippen LogP contribution in [-0.4, -0.2) is 28.3 Å². The number of amides is 1. The van der Waals surface area contributed by atoms with E-state index in [1.807, 2.05) is 0 Å². The maximum absolute atomic E-state index is 13.3. The average Bonchev–Trinajstić information content (AvgIpc) is 3.10. The summed E-state index contributed by atoms with van der Waals surface area (Å²) in [7, 11) is 0. The lowest BCUT2D eigenvalue weighted by Crippen LogP contribution is -2.39. The summed E-state index contributed by atoms with van der Waals surface area (Å²) in [5.74, 6) is -0.432. The first-order chi connectivity index (χ1) is 10.0. The molecular formula is C14H21F3N4O. The van der Waals surface area contributed by atoms with Crippen LogP contribution >= 0.6 is 0 Å². The van der Waals surface area contributed by atoms with Gasteiger partial charge in [0.1, 0.15) is 0 Å². The molecule has 1 aliphatic rings. The van der Waals surface area contributed by atoms with Crippen molar-refractivity contribution in [2.45, 2.75) is 51.4 Å². The summed E-state index contributed by atoms with van der Waals surface area (Å²) < 4.78 is 40.7. The molecule has 1 amide bonds. The molecule has 1 heterocycles. The SMILES string of the molecule is CC(C)(C)n1ncc(C(=O)NCC(N)C2CC2)c1C(F)(F)F. The van der Waals surface area contributed by atoms with E-state index in [2.05, 4.69) is 10.4 Å². The van der Waals surface area contributed by atoms with Crippen LogP contribution in [0, 0.1) is 5.92 Å². The third-order valence-electron chi connectivity index (χ3n) is 3.64. The predicted molar refractivity (Wildman–Crippen MR) is 75.3 cm³/mol. The molecule has 0 spiro atoms. The van der Waals surface area contributed by atoms with Crippen molar-refractivity contribution in [1.29, 1.82) is 0 Å². The molecule has 8 heteroatoms. The Labute approximate surface area is 127 Å². The highest BCUT2D eigenvalue weighted by molar-refractivity contribution is 5.95. The van der Waals surface area contributed by atoms with Gasteiger partial charge in [-0.15, -0.1) is 0 Å². The number of carbonyl (C=O) groups is 1. The number of hydrogen-bond donors (Lipinski definition) is 2. The molecule has 1 aliphatic carbocycles. The highest BCUT2D eigenvalue weighted by Crippen LogP contribution is 2.35. The van der Waals surface area contributed by atoms with Gasteiger partial charge in [-0.2, -0.15) is 18.3 Å². The summed E-state index contributed by atoms with van der Waals surface area (Å²) in [4.78, 5) is 12.1. The Bertz CT molecular complexity index is 555. The molecule has 0 aromatic carbocycles. The van der Waals surface area contributed by atoms with Crippen LogP contribution in [0.15, 0.2) is 6.20 Å². The van der Waals surface area contributed by atoms with E-state index in [1.54, 1.807) is 20.8 Å². The van der Waals surface area contributed by atoms with E-state index in [4.69, 9.17) is 5.73 Å². The molecule has 5 nitrogen and oxygen atoms in total. The standard InChI is InChI=1S/C14H21F3N4O/c1-13(2,3)21-11(14(15,16)17)9(6-20-21)12(22)19-7-10(18)8-4-5-8/h6,8,10H,4-5,7,18H2,1-3H3,(H,19,22). The molecule has 0 radical (unpaired) electrons. The summed E-state index contributed by atoms with van der Waals surface area (Å²) >= 11 is 0. The number of aromatic nitrogens is 2. The van der Waals surface area contributed by atoms with Crippen LogP contribution in [0.2, 0.25) is 0 Å². The number of nitrogens with two attached hydrogens (primary N) is 1. The first-order valence-electron chi connectivity index (χ1n) is 7.21. The van der Waals surface area contributed by atoms with E-state index >= 15 is 0 Å². The molecule has 2 rings (SSSR count). The van der Waals surface area contributed by atoms with Crippen molar-refractivity contribution < 1.29 is 18.0 Å². The fraction of sp³-hybridized carbons (Fsp3) is 0.714. The Morgan fingerprint density at radius 2 is 2.05 bits per heavy atom. The summed E-state index contributed by atoms with van der Waals surface area (Å²) in [5.41, 5.74) is 3.47. The van der Waals surface area contributed by atoms with E-state index in [0.717, 1.165) is 23.7 Å². The molecule has 0 saturated heterocycles. The summed E-state index contributed by atoms with van der Waals surface area (Å²) in [6.45, 7) is 4.96.